The second-order valence-electron chi connectivity index (χ2n) is 8.95. The minimum Gasteiger partial charge on any atom is -0.324 e. The van der Waals surface area contributed by atoms with Gasteiger partial charge in [0.25, 0.3) is 6.43 Å². The van der Waals surface area contributed by atoms with Gasteiger partial charge in [0, 0.05) is 17.8 Å². The molecule has 2 aromatic carbocycles. The van der Waals surface area contributed by atoms with Crippen molar-refractivity contribution in [2.24, 2.45) is 0 Å². The first-order valence-electron chi connectivity index (χ1n) is 11.8. The predicted octanol–water partition coefficient (Wildman–Crippen LogP) is 4.31. The Bertz CT molecular complexity index is 1980. The topological polar surface area (TPSA) is 123 Å². The van der Waals surface area contributed by atoms with Crippen LogP contribution in [0.1, 0.15) is 16.7 Å². The number of hydrogen-bond donors (Lipinski definition) is 1. The van der Waals surface area contributed by atoms with Crippen LogP contribution in [-0.4, -0.2) is 35.3 Å². The van der Waals surface area contributed by atoms with Crippen molar-refractivity contribution in [3.8, 4) is 11.8 Å². The molecule has 3 aromatic heterocycles. The van der Waals surface area contributed by atoms with Crippen molar-refractivity contribution in [3.05, 3.63) is 103 Å². The maximum absolute atomic E-state index is 14.2. The van der Waals surface area contributed by atoms with Crippen LogP contribution in [0.4, 0.5) is 29.2 Å². The van der Waals surface area contributed by atoms with Gasteiger partial charge in [-0.1, -0.05) is 11.6 Å². The monoisotopic (exact) mass is 584 g/mol. The van der Waals surface area contributed by atoms with Crippen LogP contribution >= 0.6 is 11.6 Å². The molecular formula is C26H17ClF4N8O2. The smallest absolute Gasteiger partial charge is 0.324 e. The molecule has 0 unspecified atom stereocenters. The molecule has 1 N–H and O–H groups in total. The lowest BCUT2D eigenvalue weighted by molar-refractivity contribution is 0.122. The average molecular weight is 585 g/mol. The second-order valence-corrected chi connectivity index (χ2v) is 9.36. The summed E-state index contributed by atoms with van der Waals surface area (Å²) in [5, 5.41) is 16.5. The van der Waals surface area contributed by atoms with E-state index in [1.54, 1.807) is 13.0 Å². The first-order chi connectivity index (χ1) is 19.5. The third kappa shape index (κ3) is 5.52. The molecule has 0 amide bonds. The van der Waals surface area contributed by atoms with Gasteiger partial charge in [-0.3, -0.25) is 14.2 Å². The molecule has 0 bridgehead atoms. The van der Waals surface area contributed by atoms with Crippen LogP contribution in [0.15, 0.2) is 58.5 Å². The number of hydrogen-bond acceptors (Lipinski definition) is 7. The third-order valence-corrected chi connectivity index (χ3v) is 6.26. The van der Waals surface area contributed by atoms with E-state index >= 15 is 0 Å². The van der Waals surface area contributed by atoms with Crippen molar-refractivity contribution in [2.75, 3.05) is 5.32 Å². The van der Waals surface area contributed by atoms with Crippen LogP contribution in [-0.2, 0) is 13.1 Å². The van der Waals surface area contributed by atoms with E-state index in [0.717, 1.165) is 25.9 Å². The van der Waals surface area contributed by atoms with Crippen molar-refractivity contribution in [1.82, 2.24) is 28.9 Å². The molecule has 208 valence electrons. The molecule has 0 saturated heterocycles. The highest BCUT2D eigenvalue weighted by Gasteiger charge is 2.19. The maximum Gasteiger partial charge on any atom is 0.359 e. The van der Waals surface area contributed by atoms with E-state index < -0.39 is 48.1 Å². The molecule has 0 radical (unpaired) electrons. The number of alkyl halides is 2. The van der Waals surface area contributed by atoms with Crippen molar-refractivity contribution in [3.63, 3.8) is 0 Å². The quantitative estimate of drug-likeness (QED) is 0.283. The minimum absolute atomic E-state index is 0.0230. The number of aryl methyl sites for hydroxylation is 1. The Morgan fingerprint density at radius 2 is 1.90 bits per heavy atom. The summed E-state index contributed by atoms with van der Waals surface area (Å²) in [5.74, 6) is -2.97. The Kier molecular flexibility index (Phi) is 7.29. The lowest BCUT2D eigenvalue weighted by atomic mass is 10.1. The zero-order valence-electron chi connectivity index (χ0n) is 20.9. The largest absolute Gasteiger partial charge is 0.359 e. The number of nitrogens with one attached hydrogen (secondary N) is 1. The fourth-order valence-electron chi connectivity index (χ4n) is 4.16. The average Bonchev–Trinajstić information content (AvgIpc) is 3.28. The Balaban J connectivity index is 1.66. The number of fused-ring (bicyclic) bond motifs is 1. The molecule has 3 heterocycles. The number of aromatic nitrogens is 6. The molecule has 15 heteroatoms. The first-order valence-corrected chi connectivity index (χ1v) is 12.2. The number of anilines is 2. The van der Waals surface area contributed by atoms with Gasteiger partial charge >= 0.3 is 11.4 Å². The van der Waals surface area contributed by atoms with Crippen LogP contribution in [0.5, 0.6) is 0 Å². The zero-order chi connectivity index (χ0) is 29.4. The molecule has 41 heavy (non-hydrogen) atoms. The molecule has 10 nitrogen and oxygen atoms in total. The van der Waals surface area contributed by atoms with Gasteiger partial charge in [0.15, 0.2) is 11.6 Å². The lowest BCUT2D eigenvalue weighted by Crippen LogP contribution is -2.41. The Hall–Kier alpha value is -5.03. The van der Waals surface area contributed by atoms with Gasteiger partial charge in [0.05, 0.1) is 40.2 Å². The third-order valence-electron chi connectivity index (χ3n) is 5.95. The Labute approximate surface area is 232 Å². The van der Waals surface area contributed by atoms with Gasteiger partial charge in [-0.2, -0.15) is 15.3 Å². The SMILES string of the molecule is Cc1cncc(-n2c(=O)nc(Nc3cc4cn(CC(F)F)nc4cc3Cl)n(Cc3cc(F)c(F)c(C#N)c3)c2=O)c1. The van der Waals surface area contributed by atoms with E-state index in [2.05, 4.69) is 20.4 Å². The summed E-state index contributed by atoms with van der Waals surface area (Å²) in [5.41, 5.74) is -1.23. The van der Waals surface area contributed by atoms with Crippen LogP contribution in [0.3, 0.4) is 0 Å². The molecular weight excluding hydrogens is 568 g/mol. The molecule has 5 rings (SSSR count). The molecule has 0 aliphatic rings. The Morgan fingerprint density at radius 3 is 2.61 bits per heavy atom. The first kappa shape index (κ1) is 27.5. The van der Waals surface area contributed by atoms with E-state index in [9.17, 15) is 32.4 Å². The highest BCUT2D eigenvalue weighted by molar-refractivity contribution is 6.34. The van der Waals surface area contributed by atoms with Crippen LogP contribution < -0.4 is 16.7 Å². The summed E-state index contributed by atoms with van der Waals surface area (Å²) in [4.78, 5) is 34.8. The van der Waals surface area contributed by atoms with Crippen molar-refractivity contribution >= 4 is 34.1 Å². The van der Waals surface area contributed by atoms with E-state index in [0.29, 0.717) is 16.5 Å². The van der Waals surface area contributed by atoms with Gasteiger partial charge in [-0.15, -0.1) is 0 Å². The number of pyridine rings is 1. The van der Waals surface area contributed by atoms with Gasteiger partial charge in [0.2, 0.25) is 5.95 Å². The number of halogens is 5. The number of nitriles is 1. The molecule has 0 aliphatic heterocycles. The molecule has 0 aliphatic carbocycles. The van der Waals surface area contributed by atoms with Gasteiger partial charge in [-0.05, 0) is 48.4 Å². The summed E-state index contributed by atoms with van der Waals surface area (Å²) < 4.78 is 56.6. The minimum atomic E-state index is -2.64. The summed E-state index contributed by atoms with van der Waals surface area (Å²) in [7, 11) is 0. The van der Waals surface area contributed by atoms with Gasteiger partial charge < -0.3 is 5.32 Å². The maximum atomic E-state index is 14.2. The van der Waals surface area contributed by atoms with Crippen LogP contribution in [0.2, 0.25) is 5.02 Å². The summed E-state index contributed by atoms with van der Waals surface area (Å²) >= 11 is 6.39. The number of nitrogens with zero attached hydrogens (tertiary/aromatic N) is 7. The van der Waals surface area contributed by atoms with Gasteiger partial charge in [0.1, 0.15) is 12.6 Å². The lowest BCUT2D eigenvalue weighted by Gasteiger charge is -2.16. The molecule has 0 saturated carbocycles. The Morgan fingerprint density at radius 1 is 1.12 bits per heavy atom. The van der Waals surface area contributed by atoms with E-state index in [4.69, 9.17) is 11.6 Å². The van der Waals surface area contributed by atoms with E-state index in [1.807, 2.05) is 0 Å². The fourth-order valence-corrected chi connectivity index (χ4v) is 4.37. The molecule has 5 aromatic rings. The van der Waals surface area contributed by atoms with Crippen molar-refractivity contribution in [1.29, 1.82) is 5.26 Å². The fraction of sp³-hybridized carbons (Fsp3) is 0.154. The summed E-state index contributed by atoms with van der Waals surface area (Å²) in [6.45, 7) is 0.628. The molecule has 0 fully saturated rings. The highest BCUT2D eigenvalue weighted by atomic mass is 35.5. The van der Waals surface area contributed by atoms with Crippen molar-refractivity contribution < 1.29 is 17.6 Å². The van der Waals surface area contributed by atoms with Gasteiger partial charge in [-0.25, -0.2) is 31.7 Å². The summed E-state index contributed by atoms with van der Waals surface area (Å²) in [6, 6.07) is 7.82. The van der Waals surface area contributed by atoms with Crippen LogP contribution in [0.25, 0.3) is 16.6 Å². The molecule has 0 atom stereocenters. The highest BCUT2D eigenvalue weighted by Crippen LogP contribution is 2.30. The normalized spacial score (nSPS) is 11.3. The summed E-state index contributed by atoms with van der Waals surface area (Å²) in [6.07, 6.45) is 1.53. The number of rotatable bonds is 7. The van der Waals surface area contributed by atoms with E-state index in [1.165, 1.54) is 36.8 Å². The second kappa shape index (κ2) is 10.9. The zero-order valence-corrected chi connectivity index (χ0v) is 21.7. The van der Waals surface area contributed by atoms with Crippen LogP contribution in [0, 0.1) is 29.9 Å². The van der Waals surface area contributed by atoms with Crippen molar-refractivity contribution in [2.45, 2.75) is 26.4 Å². The number of benzene rings is 2. The predicted molar refractivity (Wildman–Crippen MR) is 141 cm³/mol. The van der Waals surface area contributed by atoms with E-state index in [-0.39, 0.29) is 27.9 Å². The standard InChI is InChI=1S/C26H17ClF4N8O2/c1-13-2-17(9-33-8-13)39-25(40)35-24(38(26(39)41)10-14-3-15(7-32)23(31)19(28)4-14)34-21-5-16-11-37(12-22(29)30)36-20(16)6-18(21)27/h2-6,8-9,11,22H,10,12H2,1H3,(H,34,35,40). The molecule has 0 spiro atoms.